The summed E-state index contributed by atoms with van der Waals surface area (Å²) in [6.07, 6.45) is 7.15. The molecule has 0 radical (unpaired) electrons. The maximum atomic E-state index is 5.55. The molecule has 0 aromatic rings. The Labute approximate surface area is 65.9 Å². The first-order valence-electron chi connectivity index (χ1n) is 3.67. The molecule has 0 aromatic heterocycles. The van der Waals surface area contributed by atoms with E-state index >= 15 is 0 Å². The molecule has 1 rings (SSSR count). The number of hydrogen-bond acceptors (Lipinski definition) is 1. The third-order valence-corrected chi connectivity index (χ3v) is 3.00. The van der Waals surface area contributed by atoms with Crippen molar-refractivity contribution in [1.82, 2.24) is 0 Å². The SMILES string of the molecule is ClSCC1CCCCC1. The average molecular weight is 165 g/mol. The van der Waals surface area contributed by atoms with E-state index in [0.29, 0.717) is 0 Å². The fourth-order valence-electron chi connectivity index (χ4n) is 1.44. The van der Waals surface area contributed by atoms with Crippen molar-refractivity contribution in [2.75, 3.05) is 5.75 Å². The Hall–Kier alpha value is 0.640. The van der Waals surface area contributed by atoms with Crippen LogP contribution in [0.3, 0.4) is 0 Å². The van der Waals surface area contributed by atoms with Gasteiger partial charge in [-0.05, 0) is 29.4 Å². The van der Waals surface area contributed by atoms with Crippen LogP contribution >= 0.6 is 21.7 Å². The summed E-state index contributed by atoms with van der Waals surface area (Å²) in [7, 11) is 7.03. The minimum atomic E-state index is 0.932. The smallest absolute Gasteiger partial charge is 0.0114 e. The predicted octanol–water partition coefficient (Wildman–Crippen LogP) is 3.45. The van der Waals surface area contributed by atoms with Crippen LogP contribution in [-0.2, 0) is 0 Å². The molecule has 2 heteroatoms. The van der Waals surface area contributed by atoms with Crippen molar-refractivity contribution in [2.45, 2.75) is 32.1 Å². The van der Waals surface area contributed by atoms with E-state index in [4.69, 9.17) is 10.7 Å². The minimum Gasteiger partial charge on any atom is -0.0555 e. The summed E-state index contributed by atoms with van der Waals surface area (Å²) < 4.78 is 0. The molecule has 9 heavy (non-hydrogen) atoms. The molecular formula is C7H13ClS. The second kappa shape index (κ2) is 4.45. The van der Waals surface area contributed by atoms with Crippen molar-refractivity contribution in [3.8, 4) is 0 Å². The van der Waals surface area contributed by atoms with Gasteiger partial charge in [-0.25, -0.2) is 0 Å². The molecule has 0 heterocycles. The molecule has 1 aliphatic rings. The Balaban J connectivity index is 2.08. The molecule has 0 nitrogen and oxygen atoms in total. The summed E-state index contributed by atoms with van der Waals surface area (Å²) in [5.74, 6) is 2.10. The largest absolute Gasteiger partial charge is 0.0555 e. The van der Waals surface area contributed by atoms with Gasteiger partial charge in [-0.1, -0.05) is 30.2 Å². The third-order valence-electron chi connectivity index (χ3n) is 2.02. The van der Waals surface area contributed by atoms with Crippen LogP contribution in [0.2, 0.25) is 0 Å². The van der Waals surface area contributed by atoms with E-state index in [2.05, 4.69) is 0 Å². The Kier molecular flexibility index (Phi) is 3.83. The second-order valence-corrected chi connectivity index (χ2v) is 3.99. The van der Waals surface area contributed by atoms with Gasteiger partial charge in [0.1, 0.15) is 0 Å². The zero-order valence-corrected chi connectivity index (χ0v) is 7.18. The van der Waals surface area contributed by atoms with Crippen molar-refractivity contribution in [2.24, 2.45) is 5.92 Å². The number of halogens is 1. The molecule has 1 aliphatic carbocycles. The van der Waals surface area contributed by atoms with Crippen molar-refractivity contribution in [3.05, 3.63) is 0 Å². The summed E-state index contributed by atoms with van der Waals surface area (Å²) >= 11 is 0. The zero-order valence-electron chi connectivity index (χ0n) is 5.61. The monoisotopic (exact) mass is 164 g/mol. The molecule has 0 amide bonds. The molecule has 0 atom stereocenters. The van der Waals surface area contributed by atoms with Gasteiger partial charge in [0.25, 0.3) is 0 Å². The van der Waals surface area contributed by atoms with Crippen molar-refractivity contribution in [1.29, 1.82) is 0 Å². The summed E-state index contributed by atoms with van der Waals surface area (Å²) in [6.45, 7) is 0. The predicted molar refractivity (Wildman–Crippen MR) is 44.9 cm³/mol. The topological polar surface area (TPSA) is 0 Å². The highest BCUT2D eigenvalue weighted by Crippen LogP contribution is 2.27. The first-order valence-corrected chi connectivity index (χ1v) is 5.48. The molecule has 0 N–H and O–H groups in total. The van der Waals surface area contributed by atoms with Crippen LogP contribution < -0.4 is 0 Å². The normalized spacial score (nSPS) is 22.3. The van der Waals surface area contributed by atoms with Crippen LogP contribution in [0.1, 0.15) is 32.1 Å². The van der Waals surface area contributed by atoms with Gasteiger partial charge < -0.3 is 0 Å². The molecule has 0 aromatic carbocycles. The van der Waals surface area contributed by atoms with Crippen LogP contribution in [0.15, 0.2) is 0 Å². The van der Waals surface area contributed by atoms with E-state index in [1.165, 1.54) is 48.8 Å². The molecule has 0 unspecified atom stereocenters. The lowest BCUT2D eigenvalue weighted by molar-refractivity contribution is 0.391. The molecule has 0 saturated heterocycles. The minimum absolute atomic E-state index is 0.932. The number of hydrogen-bond donors (Lipinski definition) is 0. The quantitative estimate of drug-likeness (QED) is 0.603. The van der Waals surface area contributed by atoms with Crippen LogP contribution in [0.25, 0.3) is 0 Å². The molecular weight excluding hydrogens is 152 g/mol. The van der Waals surface area contributed by atoms with Gasteiger partial charge >= 0.3 is 0 Å². The van der Waals surface area contributed by atoms with Gasteiger partial charge in [0, 0.05) is 5.75 Å². The second-order valence-electron chi connectivity index (χ2n) is 2.78. The van der Waals surface area contributed by atoms with Gasteiger partial charge in [0.2, 0.25) is 0 Å². The van der Waals surface area contributed by atoms with Crippen molar-refractivity contribution >= 4 is 21.7 Å². The molecule has 1 saturated carbocycles. The maximum absolute atomic E-state index is 5.55. The van der Waals surface area contributed by atoms with Gasteiger partial charge in [0.05, 0.1) is 0 Å². The van der Waals surface area contributed by atoms with Gasteiger partial charge in [-0.15, -0.1) is 0 Å². The number of rotatable bonds is 2. The van der Waals surface area contributed by atoms with E-state index in [-0.39, 0.29) is 0 Å². The summed E-state index contributed by atoms with van der Waals surface area (Å²) in [4.78, 5) is 0. The highest BCUT2D eigenvalue weighted by atomic mass is 35.7. The van der Waals surface area contributed by atoms with E-state index in [9.17, 15) is 0 Å². The van der Waals surface area contributed by atoms with Crippen molar-refractivity contribution in [3.63, 3.8) is 0 Å². The molecule has 0 aliphatic heterocycles. The first-order chi connectivity index (χ1) is 4.43. The Bertz CT molecular complexity index is 66.6. The van der Waals surface area contributed by atoms with E-state index in [0.717, 1.165) is 5.92 Å². The van der Waals surface area contributed by atoms with Crippen molar-refractivity contribution < 1.29 is 0 Å². The summed E-state index contributed by atoms with van der Waals surface area (Å²) in [6, 6.07) is 0. The Morgan fingerprint density at radius 2 is 1.89 bits per heavy atom. The molecule has 54 valence electrons. The van der Waals surface area contributed by atoms with Gasteiger partial charge in [-0.3, -0.25) is 0 Å². The lowest BCUT2D eigenvalue weighted by atomic mass is 9.91. The Morgan fingerprint density at radius 3 is 2.44 bits per heavy atom. The standard InChI is InChI=1S/C7H13ClS/c8-9-6-7-4-2-1-3-5-7/h7H,1-6H2. The Morgan fingerprint density at radius 1 is 1.22 bits per heavy atom. The van der Waals surface area contributed by atoms with E-state index in [1.807, 2.05) is 0 Å². The van der Waals surface area contributed by atoms with E-state index < -0.39 is 0 Å². The van der Waals surface area contributed by atoms with Gasteiger partial charge in [0.15, 0.2) is 0 Å². The summed E-state index contributed by atoms with van der Waals surface area (Å²) in [5.41, 5.74) is 0. The first kappa shape index (κ1) is 7.74. The summed E-state index contributed by atoms with van der Waals surface area (Å²) in [5, 5.41) is 0. The highest BCUT2D eigenvalue weighted by Gasteiger charge is 2.11. The molecule has 1 fully saturated rings. The highest BCUT2D eigenvalue weighted by molar-refractivity contribution is 8.21. The van der Waals surface area contributed by atoms with Crippen LogP contribution in [-0.4, -0.2) is 5.75 Å². The molecule has 0 spiro atoms. The van der Waals surface area contributed by atoms with Gasteiger partial charge in [-0.2, -0.15) is 0 Å². The maximum Gasteiger partial charge on any atom is 0.0114 e. The third kappa shape index (κ3) is 2.81. The fourth-order valence-corrected chi connectivity index (χ4v) is 2.49. The molecule has 0 bridgehead atoms. The van der Waals surface area contributed by atoms with Crippen LogP contribution in [0, 0.1) is 5.92 Å². The lowest BCUT2D eigenvalue weighted by Crippen LogP contribution is -2.07. The zero-order chi connectivity index (χ0) is 6.53. The van der Waals surface area contributed by atoms with Crippen LogP contribution in [0.4, 0.5) is 0 Å². The van der Waals surface area contributed by atoms with Crippen LogP contribution in [0.5, 0.6) is 0 Å². The lowest BCUT2D eigenvalue weighted by Gasteiger charge is -2.19. The average Bonchev–Trinajstić information content (AvgIpc) is 1.91. The fraction of sp³-hybridized carbons (Fsp3) is 1.00. The van der Waals surface area contributed by atoms with E-state index in [1.54, 1.807) is 0 Å².